The topological polar surface area (TPSA) is 27.7 Å². The van der Waals surface area contributed by atoms with Gasteiger partial charge in [0.2, 0.25) is 0 Å². The zero-order chi connectivity index (χ0) is 10.3. The molecular weight excluding hydrogens is 168 g/mol. The highest BCUT2D eigenvalue weighted by Crippen LogP contribution is 2.18. The van der Waals surface area contributed by atoms with Crippen LogP contribution in [0.3, 0.4) is 0 Å². The SMILES string of the molecule is COCC(C)(COC)COC(C)C. The Bertz CT molecular complexity index is 117. The minimum absolute atomic E-state index is 0.0340. The highest BCUT2D eigenvalue weighted by Gasteiger charge is 2.25. The van der Waals surface area contributed by atoms with Gasteiger partial charge in [-0.05, 0) is 13.8 Å². The first-order valence-corrected chi connectivity index (χ1v) is 4.63. The molecule has 0 aromatic heterocycles. The van der Waals surface area contributed by atoms with Crippen molar-refractivity contribution in [3.8, 4) is 0 Å². The molecule has 0 bridgehead atoms. The van der Waals surface area contributed by atoms with Gasteiger partial charge in [-0.15, -0.1) is 0 Å². The van der Waals surface area contributed by atoms with Crippen LogP contribution < -0.4 is 0 Å². The molecule has 0 amide bonds. The van der Waals surface area contributed by atoms with E-state index in [1.54, 1.807) is 14.2 Å². The molecule has 0 heterocycles. The minimum atomic E-state index is -0.0340. The van der Waals surface area contributed by atoms with E-state index in [0.717, 1.165) is 0 Å². The molecule has 0 fully saturated rings. The maximum Gasteiger partial charge on any atom is 0.0567 e. The molecule has 3 heteroatoms. The molecule has 0 N–H and O–H groups in total. The summed E-state index contributed by atoms with van der Waals surface area (Å²) in [5.41, 5.74) is -0.0340. The molecule has 13 heavy (non-hydrogen) atoms. The maximum atomic E-state index is 5.55. The zero-order valence-electron chi connectivity index (χ0n) is 9.42. The van der Waals surface area contributed by atoms with Crippen molar-refractivity contribution in [3.63, 3.8) is 0 Å². The summed E-state index contributed by atoms with van der Waals surface area (Å²) in [6.45, 7) is 8.15. The molecule has 0 spiro atoms. The van der Waals surface area contributed by atoms with Crippen LogP contribution in [-0.2, 0) is 14.2 Å². The van der Waals surface area contributed by atoms with Crippen LogP contribution >= 0.6 is 0 Å². The Morgan fingerprint density at radius 3 is 1.77 bits per heavy atom. The van der Waals surface area contributed by atoms with Crippen LogP contribution in [0.2, 0.25) is 0 Å². The quantitative estimate of drug-likeness (QED) is 0.611. The molecule has 0 aliphatic rings. The zero-order valence-corrected chi connectivity index (χ0v) is 9.42. The number of hydrogen-bond donors (Lipinski definition) is 0. The van der Waals surface area contributed by atoms with E-state index in [4.69, 9.17) is 14.2 Å². The van der Waals surface area contributed by atoms with Crippen molar-refractivity contribution in [2.75, 3.05) is 34.0 Å². The van der Waals surface area contributed by atoms with E-state index in [2.05, 4.69) is 6.92 Å². The fourth-order valence-electron chi connectivity index (χ4n) is 1.19. The first-order valence-electron chi connectivity index (χ1n) is 4.63. The van der Waals surface area contributed by atoms with E-state index in [1.807, 2.05) is 13.8 Å². The Kier molecular flexibility index (Phi) is 6.29. The van der Waals surface area contributed by atoms with Crippen LogP contribution in [0.15, 0.2) is 0 Å². The van der Waals surface area contributed by atoms with Crippen LogP contribution in [-0.4, -0.2) is 40.1 Å². The standard InChI is InChI=1S/C10H22O3/c1-9(2)13-8-10(3,6-11-4)7-12-5/h9H,6-8H2,1-5H3. The van der Waals surface area contributed by atoms with Gasteiger partial charge in [0.05, 0.1) is 25.9 Å². The molecule has 0 rings (SSSR count). The fraction of sp³-hybridized carbons (Fsp3) is 1.00. The lowest BCUT2D eigenvalue weighted by Gasteiger charge is -2.28. The molecule has 0 aliphatic carbocycles. The summed E-state index contributed by atoms with van der Waals surface area (Å²) in [4.78, 5) is 0. The van der Waals surface area contributed by atoms with Gasteiger partial charge in [0.1, 0.15) is 0 Å². The van der Waals surface area contributed by atoms with Gasteiger partial charge in [-0.3, -0.25) is 0 Å². The summed E-state index contributed by atoms with van der Waals surface area (Å²) in [5, 5.41) is 0. The summed E-state index contributed by atoms with van der Waals surface area (Å²) in [7, 11) is 3.40. The number of ether oxygens (including phenoxy) is 3. The van der Waals surface area contributed by atoms with Crippen LogP contribution in [0.1, 0.15) is 20.8 Å². The summed E-state index contributed by atoms with van der Waals surface area (Å²) >= 11 is 0. The predicted octanol–water partition coefficient (Wildman–Crippen LogP) is 1.71. The highest BCUT2D eigenvalue weighted by atomic mass is 16.5. The average molecular weight is 190 g/mol. The maximum absolute atomic E-state index is 5.55. The van der Waals surface area contributed by atoms with Gasteiger partial charge in [-0.25, -0.2) is 0 Å². The van der Waals surface area contributed by atoms with Gasteiger partial charge in [-0.2, -0.15) is 0 Å². The van der Waals surface area contributed by atoms with Crippen molar-refractivity contribution in [1.29, 1.82) is 0 Å². The molecular formula is C10H22O3. The van der Waals surface area contributed by atoms with E-state index < -0.39 is 0 Å². The fourth-order valence-corrected chi connectivity index (χ4v) is 1.19. The van der Waals surface area contributed by atoms with Crippen LogP contribution in [0, 0.1) is 5.41 Å². The molecule has 0 saturated carbocycles. The van der Waals surface area contributed by atoms with E-state index in [0.29, 0.717) is 19.8 Å². The third-order valence-electron chi connectivity index (χ3n) is 1.75. The van der Waals surface area contributed by atoms with Crippen molar-refractivity contribution >= 4 is 0 Å². The lowest BCUT2D eigenvalue weighted by molar-refractivity contribution is -0.0555. The summed E-state index contributed by atoms with van der Waals surface area (Å²) in [6, 6.07) is 0. The molecule has 0 atom stereocenters. The molecule has 0 aromatic carbocycles. The summed E-state index contributed by atoms with van der Waals surface area (Å²) in [6.07, 6.45) is 0.257. The van der Waals surface area contributed by atoms with Gasteiger partial charge in [0, 0.05) is 19.6 Å². The average Bonchev–Trinajstić information content (AvgIpc) is 2.02. The van der Waals surface area contributed by atoms with Gasteiger partial charge in [0.25, 0.3) is 0 Å². The van der Waals surface area contributed by atoms with Gasteiger partial charge >= 0.3 is 0 Å². The molecule has 0 saturated heterocycles. The molecule has 0 aliphatic heterocycles. The Balaban J connectivity index is 3.91. The van der Waals surface area contributed by atoms with Gasteiger partial charge in [0.15, 0.2) is 0 Å². The second kappa shape index (κ2) is 6.35. The Morgan fingerprint density at radius 2 is 1.46 bits per heavy atom. The molecule has 0 unspecified atom stereocenters. The second-order valence-electron chi connectivity index (χ2n) is 4.04. The lowest BCUT2D eigenvalue weighted by atomic mass is 9.94. The van der Waals surface area contributed by atoms with Gasteiger partial charge < -0.3 is 14.2 Å². The Hall–Kier alpha value is -0.120. The van der Waals surface area contributed by atoms with E-state index in [-0.39, 0.29) is 11.5 Å². The van der Waals surface area contributed by atoms with Gasteiger partial charge in [-0.1, -0.05) is 6.92 Å². The van der Waals surface area contributed by atoms with Crippen LogP contribution in [0.4, 0.5) is 0 Å². The summed E-state index contributed by atoms with van der Waals surface area (Å²) in [5.74, 6) is 0. The second-order valence-corrected chi connectivity index (χ2v) is 4.04. The smallest absolute Gasteiger partial charge is 0.0567 e. The van der Waals surface area contributed by atoms with Crippen molar-refractivity contribution in [1.82, 2.24) is 0 Å². The molecule has 0 aromatic rings. The minimum Gasteiger partial charge on any atom is -0.384 e. The largest absolute Gasteiger partial charge is 0.384 e. The van der Waals surface area contributed by atoms with Crippen molar-refractivity contribution < 1.29 is 14.2 Å². The highest BCUT2D eigenvalue weighted by molar-refractivity contribution is 4.73. The van der Waals surface area contributed by atoms with E-state index in [9.17, 15) is 0 Å². The molecule has 0 radical (unpaired) electrons. The number of hydrogen-bond acceptors (Lipinski definition) is 3. The number of methoxy groups -OCH3 is 2. The lowest BCUT2D eigenvalue weighted by Crippen LogP contribution is -2.34. The van der Waals surface area contributed by atoms with E-state index >= 15 is 0 Å². The van der Waals surface area contributed by atoms with Crippen LogP contribution in [0.25, 0.3) is 0 Å². The monoisotopic (exact) mass is 190 g/mol. The van der Waals surface area contributed by atoms with Crippen molar-refractivity contribution in [2.45, 2.75) is 26.9 Å². The van der Waals surface area contributed by atoms with Crippen molar-refractivity contribution in [3.05, 3.63) is 0 Å². The van der Waals surface area contributed by atoms with Crippen LogP contribution in [0.5, 0.6) is 0 Å². The summed E-state index contributed by atoms with van der Waals surface area (Å²) < 4.78 is 15.8. The Labute approximate surface area is 81.4 Å². The third kappa shape index (κ3) is 6.02. The van der Waals surface area contributed by atoms with E-state index in [1.165, 1.54) is 0 Å². The normalized spacial score (nSPS) is 12.5. The number of rotatable bonds is 7. The predicted molar refractivity (Wildman–Crippen MR) is 52.9 cm³/mol. The Morgan fingerprint density at radius 1 is 1.00 bits per heavy atom. The third-order valence-corrected chi connectivity index (χ3v) is 1.75. The first-order chi connectivity index (χ1) is 6.04. The molecule has 3 nitrogen and oxygen atoms in total. The molecule has 80 valence electrons. The van der Waals surface area contributed by atoms with Crippen molar-refractivity contribution in [2.24, 2.45) is 5.41 Å². The first kappa shape index (κ1) is 12.9.